The van der Waals surface area contributed by atoms with Gasteiger partial charge in [0.1, 0.15) is 5.82 Å². The second kappa shape index (κ2) is 7.10. The van der Waals surface area contributed by atoms with E-state index >= 15 is 0 Å². The van der Waals surface area contributed by atoms with Crippen LogP contribution in [0.2, 0.25) is 0 Å². The van der Waals surface area contributed by atoms with Crippen LogP contribution in [0.5, 0.6) is 0 Å². The van der Waals surface area contributed by atoms with Gasteiger partial charge in [0.2, 0.25) is 0 Å². The average molecular weight is 368 g/mol. The van der Waals surface area contributed by atoms with Crippen LogP contribution in [0.3, 0.4) is 0 Å². The molecule has 1 amide bonds. The molecule has 0 bridgehead atoms. The van der Waals surface area contributed by atoms with Gasteiger partial charge in [0.15, 0.2) is 5.65 Å². The molecule has 1 N–H and O–H groups in total. The van der Waals surface area contributed by atoms with Gasteiger partial charge >= 0.3 is 0 Å². The van der Waals surface area contributed by atoms with Gasteiger partial charge in [-0.05, 0) is 38.5 Å². The lowest BCUT2D eigenvalue weighted by molar-refractivity contribution is 0.0944. The number of pyridine rings is 1. The van der Waals surface area contributed by atoms with Gasteiger partial charge < -0.3 is 5.32 Å². The molecule has 6 heteroatoms. The Hall–Kier alpha value is -2.76. The zero-order chi connectivity index (χ0) is 19.8. The lowest BCUT2D eigenvalue weighted by atomic mass is 9.84. The highest BCUT2D eigenvalue weighted by molar-refractivity contribution is 5.98. The molecule has 1 aromatic carbocycles. The first-order valence-electron chi connectivity index (χ1n) is 9.09. The van der Waals surface area contributed by atoms with Crippen molar-refractivity contribution in [3.05, 3.63) is 59.2 Å². The molecule has 0 radical (unpaired) electrons. The summed E-state index contributed by atoms with van der Waals surface area (Å²) < 4.78 is 15.9. The Kier molecular flexibility index (Phi) is 5.00. The number of halogens is 1. The Balaban J connectivity index is 1.82. The van der Waals surface area contributed by atoms with Crippen LogP contribution in [-0.4, -0.2) is 27.2 Å². The van der Waals surface area contributed by atoms with E-state index in [1.165, 1.54) is 6.07 Å². The minimum absolute atomic E-state index is 0.190. The summed E-state index contributed by atoms with van der Waals surface area (Å²) >= 11 is 0. The number of nitrogens with one attached hydrogen (secondary N) is 1. The monoisotopic (exact) mass is 368 g/mol. The van der Waals surface area contributed by atoms with Crippen LogP contribution in [-0.2, 0) is 5.41 Å². The van der Waals surface area contributed by atoms with Gasteiger partial charge in [0.25, 0.3) is 5.91 Å². The first kappa shape index (κ1) is 19.0. The van der Waals surface area contributed by atoms with Crippen LogP contribution in [0.15, 0.2) is 36.5 Å². The molecule has 2 heterocycles. The quantitative estimate of drug-likeness (QED) is 0.735. The van der Waals surface area contributed by atoms with Crippen LogP contribution in [0.1, 0.15) is 55.4 Å². The number of benzene rings is 1. The van der Waals surface area contributed by atoms with E-state index in [0.717, 1.165) is 11.0 Å². The predicted molar refractivity (Wildman–Crippen MR) is 104 cm³/mol. The molecule has 0 saturated carbocycles. The van der Waals surface area contributed by atoms with E-state index < -0.39 is 5.41 Å². The number of carbonyl (C=O) groups excluding carboxylic acids is 1. The smallest absolute Gasteiger partial charge is 0.253 e. The number of nitrogens with zero attached hydrogens (tertiary/aromatic N) is 3. The molecule has 0 aliphatic heterocycles. The number of rotatable bonds is 5. The topological polar surface area (TPSA) is 59.8 Å². The molecule has 0 atom stereocenters. The maximum atomic E-state index is 14.1. The van der Waals surface area contributed by atoms with Crippen molar-refractivity contribution in [2.45, 2.75) is 46.1 Å². The lowest BCUT2D eigenvalue weighted by Crippen LogP contribution is -2.37. The third-order valence-corrected chi connectivity index (χ3v) is 4.79. The van der Waals surface area contributed by atoms with Crippen LogP contribution in [0.25, 0.3) is 11.0 Å². The Bertz CT molecular complexity index is 991. The largest absolute Gasteiger partial charge is 0.351 e. The Morgan fingerprint density at radius 1 is 1.30 bits per heavy atom. The van der Waals surface area contributed by atoms with Crippen molar-refractivity contribution in [1.82, 2.24) is 20.1 Å². The number of carbonyl (C=O) groups is 1. The van der Waals surface area contributed by atoms with Gasteiger partial charge in [-0.25, -0.2) is 14.1 Å². The molecule has 3 aromatic rings. The number of fused-ring (bicyclic) bond motifs is 1. The summed E-state index contributed by atoms with van der Waals surface area (Å²) in [6.07, 6.45) is 1.72. The molecular weight excluding hydrogens is 343 g/mol. The van der Waals surface area contributed by atoms with Crippen LogP contribution < -0.4 is 5.32 Å². The molecule has 0 saturated heterocycles. The van der Waals surface area contributed by atoms with Gasteiger partial charge in [0, 0.05) is 23.4 Å². The maximum Gasteiger partial charge on any atom is 0.253 e. The molecule has 0 aliphatic carbocycles. The van der Waals surface area contributed by atoms with E-state index in [0.29, 0.717) is 23.4 Å². The second-order valence-electron chi connectivity index (χ2n) is 7.76. The van der Waals surface area contributed by atoms with E-state index in [4.69, 9.17) is 0 Å². The fourth-order valence-corrected chi connectivity index (χ4v) is 3.18. The molecule has 0 fully saturated rings. The first-order valence-corrected chi connectivity index (χ1v) is 9.09. The van der Waals surface area contributed by atoms with Crippen LogP contribution >= 0.6 is 0 Å². The van der Waals surface area contributed by atoms with E-state index in [1.54, 1.807) is 24.4 Å². The molecule has 3 rings (SSSR count). The number of amides is 1. The number of hydrogen-bond donors (Lipinski definition) is 1. The maximum absolute atomic E-state index is 14.1. The molecule has 0 spiro atoms. The number of hydrogen-bond acceptors (Lipinski definition) is 3. The molecule has 0 aliphatic rings. The minimum atomic E-state index is -0.533. The normalized spacial score (nSPS) is 12.0. The van der Waals surface area contributed by atoms with Crippen molar-refractivity contribution < 1.29 is 9.18 Å². The summed E-state index contributed by atoms with van der Waals surface area (Å²) in [7, 11) is 0. The van der Waals surface area contributed by atoms with Gasteiger partial charge in [0.05, 0.1) is 17.5 Å². The van der Waals surface area contributed by atoms with Gasteiger partial charge in [-0.1, -0.05) is 32.0 Å². The van der Waals surface area contributed by atoms with Crippen LogP contribution in [0, 0.1) is 12.7 Å². The number of aryl methyl sites for hydroxylation is 1. The SMILES string of the molecule is Cc1nc2c(cnn2C(C)C)cc1C(=O)NCC(C)(C)c1ccccc1F. The molecular formula is C21H25FN4O. The van der Waals surface area contributed by atoms with Crippen molar-refractivity contribution in [3.8, 4) is 0 Å². The van der Waals surface area contributed by atoms with Crippen molar-refractivity contribution in [1.29, 1.82) is 0 Å². The third kappa shape index (κ3) is 3.70. The predicted octanol–water partition coefficient (Wildman–Crippen LogP) is 4.17. The first-order chi connectivity index (χ1) is 12.7. The lowest BCUT2D eigenvalue weighted by Gasteiger charge is -2.26. The highest BCUT2D eigenvalue weighted by Crippen LogP contribution is 2.25. The average Bonchev–Trinajstić information content (AvgIpc) is 3.02. The van der Waals surface area contributed by atoms with Gasteiger partial charge in [-0.15, -0.1) is 0 Å². The Morgan fingerprint density at radius 2 is 2.00 bits per heavy atom. The number of aromatic nitrogens is 3. The summed E-state index contributed by atoms with van der Waals surface area (Å²) in [5.41, 5.74) is 1.97. The molecule has 27 heavy (non-hydrogen) atoms. The summed E-state index contributed by atoms with van der Waals surface area (Å²) in [5, 5.41) is 8.11. The van der Waals surface area contributed by atoms with E-state index in [2.05, 4.69) is 15.4 Å². The van der Waals surface area contributed by atoms with E-state index in [-0.39, 0.29) is 17.8 Å². The van der Waals surface area contributed by atoms with Gasteiger partial charge in [-0.3, -0.25) is 4.79 Å². The molecule has 2 aromatic heterocycles. The van der Waals surface area contributed by atoms with Crippen LogP contribution in [0.4, 0.5) is 4.39 Å². The standard InChI is InChI=1S/C21H25FN4O/c1-13(2)26-19-15(11-24-26)10-16(14(3)25-19)20(27)23-12-21(4,5)17-8-6-7-9-18(17)22/h6-11,13H,12H2,1-5H3,(H,23,27). The molecule has 142 valence electrons. The Labute approximate surface area is 158 Å². The van der Waals surface area contributed by atoms with Gasteiger partial charge in [-0.2, -0.15) is 5.10 Å². The fourth-order valence-electron chi connectivity index (χ4n) is 3.18. The zero-order valence-corrected chi connectivity index (χ0v) is 16.4. The van der Waals surface area contributed by atoms with Crippen molar-refractivity contribution in [2.24, 2.45) is 0 Å². The molecule has 5 nitrogen and oxygen atoms in total. The highest BCUT2D eigenvalue weighted by Gasteiger charge is 2.25. The summed E-state index contributed by atoms with van der Waals surface area (Å²) in [6, 6.07) is 8.66. The summed E-state index contributed by atoms with van der Waals surface area (Å²) in [4.78, 5) is 17.3. The van der Waals surface area contributed by atoms with Crippen molar-refractivity contribution in [2.75, 3.05) is 6.54 Å². The second-order valence-corrected chi connectivity index (χ2v) is 7.76. The Morgan fingerprint density at radius 3 is 2.67 bits per heavy atom. The van der Waals surface area contributed by atoms with E-state index in [9.17, 15) is 9.18 Å². The third-order valence-electron chi connectivity index (χ3n) is 4.79. The fraction of sp³-hybridized carbons (Fsp3) is 0.381. The van der Waals surface area contributed by atoms with Crippen molar-refractivity contribution >= 4 is 16.9 Å². The highest BCUT2D eigenvalue weighted by atomic mass is 19.1. The summed E-state index contributed by atoms with van der Waals surface area (Å²) in [6.45, 7) is 10.0. The zero-order valence-electron chi connectivity index (χ0n) is 16.4. The van der Waals surface area contributed by atoms with Crippen molar-refractivity contribution in [3.63, 3.8) is 0 Å². The summed E-state index contributed by atoms with van der Waals surface area (Å²) in [5.74, 6) is -0.485. The minimum Gasteiger partial charge on any atom is -0.351 e. The molecule has 0 unspecified atom stereocenters. The van der Waals surface area contributed by atoms with E-state index in [1.807, 2.05) is 45.4 Å².